The van der Waals surface area contributed by atoms with E-state index in [0.717, 1.165) is 77.0 Å². The summed E-state index contributed by atoms with van der Waals surface area (Å²) in [5.41, 5.74) is 0. The zero-order valence-electron chi connectivity index (χ0n) is 54.3. The fraction of sp³-hybridized carbons (Fsp3) is 0.827. The first-order valence-electron chi connectivity index (χ1n) is 35.8. The Morgan fingerprint density at radius 2 is 0.444 bits per heavy atom. The second kappa shape index (κ2) is 69.6. The average Bonchev–Trinajstić information content (AvgIpc) is 3.46. The number of allylic oxidation sites excluding steroid dienone is 10. The highest BCUT2D eigenvalue weighted by molar-refractivity contribution is 5.71. The monoisotopic (exact) mass is 1130 g/mol. The van der Waals surface area contributed by atoms with Crippen LogP contribution in [0.5, 0.6) is 0 Å². The molecule has 6 heteroatoms. The Morgan fingerprint density at radius 3 is 0.691 bits per heavy atom. The number of unbranched alkanes of at least 4 members (excludes halogenated alkanes) is 45. The topological polar surface area (TPSA) is 78.9 Å². The van der Waals surface area contributed by atoms with E-state index in [9.17, 15) is 14.4 Å². The van der Waals surface area contributed by atoms with Gasteiger partial charge in [-0.2, -0.15) is 0 Å². The zero-order chi connectivity index (χ0) is 58.5. The van der Waals surface area contributed by atoms with Crippen LogP contribution in [0.15, 0.2) is 60.8 Å². The molecule has 0 aliphatic carbocycles. The molecule has 1 atom stereocenters. The van der Waals surface area contributed by atoms with E-state index < -0.39 is 6.10 Å². The van der Waals surface area contributed by atoms with E-state index in [2.05, 4.69) is 81.5 Å². The minimum atomic E-state index is -0.771. The highest BCUT2D eigenvalue weighted by atomic mass is 16.6. The fourth-order valence-electron chi connectivity index (χ4n) is 10.6. The maximum absolute atomic E-state index is 12.9. The number of rotatable bonds is 66. The normalized spacial score (nSPS) is 12.4. The number of hydrogen-bond acceptors (Lipinski definition) is 6. The molecule has 0 spiro atoms. The van der Waals surface area contributed by atoms with Gasteiger partial charge in [0.1, 0.15) is 13.2 Å². The average molecular weight is 1130 g/mol. The van der Waals surface area contributed by atoms with Crippen LogP contribution < -0.4 is 0 Å². The summed E-state index contributed by atoms with van der Waals surface area (Å²) in [5.74, 6) is -0.856. The molecule has 1 unspecified atom stereocenters. The molecule has 0 N–H and O–H groups in total. The van der Waals surface area contributed by atoms with Crippen molar-refractivity contribution in [2.45, 2.75) is 386 Å². The highest BCUT2D eigenvalue weighted by Gasteiger charge is 2.19. The van der Waals surface area contributed by atoms with Gasteiger partial charge in [0.05, 0.1) is 0 Å². The lowest BCUT2D eigenvalue weighted by atomic mass is 10.0. The molecule has 0 amide bonds. The van der Waals surface area contributed by atoms with E-state index in [-0.39, 0.29) is 31.1 Å². The lowest BCUT2D eigenvalue weighted by Gasteiger charge is -2.18. The van der Waals surface area contributed by atoms with Gasteiger partial charge >= 0.3 is 17.9 Å². The maximum Gasteiger partial charge on any atom is 0.306 e. The molecule has 0 rings (SSSR count). The first kappa shape index (κ1) is 78.1. The number of ether oxygens (including phenoxy) is 3. The molecular weight excluding hydrogens is 997 g/mol. The molecule has 0 aliphatic rings. The van der Waals surface area contributed by atoms with Gasteiger partial charge in [-0.3, -0.25) is 14.4 Å². The third-order valence-electron chi connectivity index (χ3n) is 16.0. The lowest BCUT2D eigenvalue weighted by molar-refractivity contribution is -0.167. The molecule has 6 nitrogen and oxygen atoms in total. The van der Waals surface area contributed by atoms with E-state index in [1.807, 2.05) is 0 Å². The summed E-state index contributed by atoms with van der Waals surface area (Å²) in [6.07, 6.45) is 90.0. The first-order valence-corrected chi connectivity index (χ1v) is 35.8. The molecule has 0 aromatic carbocycles. The van der Waals surface area contributed by atoms with Crippen molar-refractivity contribution in [3.05, 3.63) is 60.8 Å². The summed E-state index contributed by atoms with van der Waals surface area (Å²) >= 11 is 0. The predicted molar refractivity (Wildman–Crippen MR) is 353 cm³/mol. The Kier molecular flexibility index (Phi) is 67.1. The molecule has 0 aromatic rings. The summed E-state index contributed by atoms with van der Waals surface area (Å²) in [7, 11) is 0. The van der Waals surface area contributed by atoms with Crippen LogP contribution in [0.25, 0.3) is 0 Å². The Morgan fingerprint density at radius 1 is 0.247 bits per heavy atom. The van der Waals surface area contributed by atoms with Crippen LogP contribution in [0.3, 0.4) is 0 Å². The Labute approximate surface area is 504 Å². The second-order valence-corrected chi connectivity index (χ2v) is 24.1. The van der Waals surface area contributed by atoms with Gasteiger partial charge in [-0.1, -0.05) is 332 Å². The smallest absolute Gasteiger partial charge is 0.306 e. The van der Waals surface area contributed by atoms with Gasteiger partial charge < -0.3 is 14.2 Å². The molecular formula is C75H136O6. The van der Waals surface area contributed by atoms with E-state index in [1.165, 1.54) is 263 Å². The summed E-state index contributed by atoms with van der Waals surface area (Å²) in [6, 6.07) is 0. The first-order chi connectivity index (χ1) is 40.0. The number of esters is 3. The van der Waals surface area contributed by atoms with E-state index in [4.69, 9.17) is 14.2 Å². The molecule has 0 aliphatic heterocycles. The predicted octanol–water partition coefficient (Wildman–Crippen LogP) is 24.7. The van der Waals surface area contributed by atoms with Crippen molar-refractivity contribution < 1.29 is 28.6 Å². The zero-order valence-corrected chi connectivity index (χ0v) is 54.3. The number of hydrogen-bond donors (Lipinski definition) is 0. The van der Waals surface area contributed by atoms with Crippen LogP contribution in [-0.4, -0.2) is 37.2 Å². The minimum Gasteiger partial charge on any atom is -0.462 e. The van der Waals surface area contributed by atoms with E-state index in [1.54, 1.807) is 0 Å². The molecule has 81 heavy (non-hydrogen) atoms. The van der Waals surface area contributed by atoms with E-state index >= 15 is 0 Å². The molecule has 472 valence electrons. The minimum absolute atomic E-state index is 0.0701. The third-order valence-corrected chi connectivity index (χ3v) is 16.0. The van der Waals surface area contributed by atoms with Crippen molar-refractivity contribution in [2.75, 3.05) is 13.2 Å². The third kappa shape index (κ3) is 67.8. The molecule has 0 saturated heterocycles. The number of carbonyl (C=O) groups is 3. The van der Waals surface area contributed by atoms with Gasteiger partial charge in [-0.15, -0.1) is 0 Å². The Hall–Kier alpha value is -2.89. The van der Waals surface area contributed by atoms with Crippen molar-refractivity contribution in [1.82, 2.24) is 0 Å². The summed E-state index contributed by atoms with van der Waals surface area (Å²) in [5, 5.41) is 0. The molecule has 0 saturated carbocycles. The lowest BCUT2D eigenvalue weighted by Crippen LogP contribution is -2.30. The van der Waals surface area contributed by atoms with Gasteiger partial charge in [0.25, 0.3) is 0 Å². The van der Waals surface area contributed by atoms with Gasteiger partial charge in [0, 0.05) is 19.3 Å². The largest absolute Gasteiger partial charge is 0.462 e. The van der Waals surface area contributed by atoms with Crippen molar-refractivity contribution in [1.29, 1.82) is 0 Å². The van der Waals surface area contributed by atoms with Crippen molar-refractivity contribution >= 4 is 17.9 Å². The highest BCUT2D eigenvalue weighted by Crippen LogP contribution is 2.18. The van der Waals surface area contributed by atoms with Crippen LogP contribution in [0, 0.1) is 0 Å². The Balaban J connectivity index is 4.03. The molecule has 0 fully saturated rings. The standard InChI is InChI=1S/C75H136O6/c1-4-7-10-13-16-18-20-22-24-26-28-30-32-34-35-36-37-38-39-41-42-44-46-48-50-52-54-56-59-62-65-68-74(77)80-71-72(70-79-73(76)67-64-61-58-15-12-9-6-3)81-75(78)69-66-63-60-57-55-53-51-49-47-45-43-40-33-31-29-27-25-23-21-19-17-14-11-8-5-2/h20-23,26-29,32,34,72H,4-19,24-25,30-31,33,35-71H2,1-3H3/b22-20-,23-21-,28-26-,29-27-,34-32-. The van der Waals surface area contributed by atoms with Crippen molar-refractivity contribution in [3.8, 4) is 0 Å². The van der Waals surface area contributed by atoms with Gasteiger partial charge in [-0.25, -0.2) is 0 Å². The fourth-order valence-corrected chi connectivity index (χ4v) is 10.6. The summed E-state index contributed by atoms with van der Waals surface area (Å²) in [4.78, 5) is 38.2. The van der Waals surface area contributed by atoms with Gasteiger partial charge in [0.2, 0.25) is 0 Å². The molecule has 0 heterocycles. The van der Waals surface area contributed by atoms with Gasteiger partial charge in [0.15, 0.2) is 6.10 Å². The maximum atomic E-state index is 12.9. The molecule has 0 bridgehead atoms. The summed E-state index contributed by atoms with van der Waals surface area (Å²) in [6.45, 7) is 6.63. The van der Waals surface area contributed by atoms with Crippen LogP contribution in [0.4, 0.5) is 0 Å². The van der Waals surface area contributed by atoms with Crippen LogP contribution >= 0.6 is 0 Å². The second-order valence-electron chi connectivity index (χ2n) is 24.1. The van der Waals surface area contributed by atoms with Gasteiger partial charge in [-0.05, 0) is 89.9 Å². The van der Waals surface area contributed by atoms with E-state index in [0.29, 0.717) is 19.3 Å². The SMILES string of the molecule is CCCCCCC/C=C\C/C=C\C/C=C\CCCCCCCCCCCCCCCCCCC(=O)OCC(COC(=O)CCCCCCCCC)OC(=O)CCCCCCCCCCCCCCC/C=C\C/C=C\CCCCCCC. The molecule has 0 radical (unpaired) electrons. The van der Waals surface area contributed by atoms with Crippen molar-refractivity contribution in [3.63, 3.8) is 0 Å². The van der Waals surface area contributed by atoms with Crippen LogP contribution in [0.2, 0.25) is 0 Å². The summed E-state index contributed by atoms with van der Waals surface area (Å²) < 4.78 is 16.9. The van der Waals surface area contributed by atoms with Crippen molar-refractivity contribution in [2.24, 2.45) is 0 Å². The molecule has 0 aromatic heterocycles. The number of carbonyl (C=O) groups excluding carboxylic acids is 3. The quantitative estimate of drug-likeness (QED) is 0.0261. The Bertz CT molecular complexity index is 1440. The van der Waals surface area contributed by atoms with Crippen LogP contribution in [-0.2, 0) is 28.6 Å². The van der Waals surface area contributed by atoms with Crippen LogP contribution in [0.1, 0.15) is 380 Å².